The van der Waals surface area contributed by atoms with Crippen molar-refractivity contribution in [3.05, 3.63) is 39.0 Å². The van der Waals surface area contributed by atoms with E-state index in [1.807, 2.05) is 0 Å². The molecule has 72 valence electrons. The highest BCUT2D eigenvalue weighted by molar-refractivity contribution is 9.10. The lowest BCUT2D eigenvalue weighted by atomic mass is 10.2. The third kappa shape index (κ3) is 1.60. The molecular formula is C8H4BrFN2O2. The highest BCUT2D eigenvalue weighted by Crippen LogP contribution is 2.25. The van der Waals surface area contributed by atoms with Gasteiger partial charge in [0, 0.05) is 10.0 Å². The molecule has 0 aliphatic heterocycles. The van der Waals surface area contributed by atoms with Gasteiger partial charge >= 0.3 is 5.76 Å². The van der Waals surface area contributed by atoms with Gasteiger partial charge < -0.3 is 0 Å². The van der Waals surface area contributed by atoms with E-state index in [-0.39, 0.29) is 5.82 Å². The number of nitrogens with zero attached hydrogens (tertiary/aromatic N) is 1. The number of aromatic nitrogens is 2. The van der Waals surface area contributed by atoms with E-state index in [1.54, 1.807) is 0 Å². The Morgan fingerprint density at radius 3 is 2.93 bits per heavy atom. The molecule has 0 radical (unpaired) electrons. The van der Waals surface area contributed by atoms with E-state index in [2.05, 4.69) is 30.6 Å². The summed E-state index contributed by atoms with van der Waals surface area (Å²) in [7, 11) is 0. The smallest absolute Gasteiger partial charge is 0.296 e. The predicted octanol–water partition coefficient (Wildman–Crippen LogP) is 1.93. The van der Waals surface area contributed by atoms with Gasteiger partial charge in [-0.2, -0.15) is 0 Å². The van der Waals surface area contributed by atoms with Crippen LogP contribution in [0.2, 0.25) is 0 Å². The lowest BCUT2D eigenvalue weighted by molar-refractivity contribution is 0.388. The van der Waals surface area contributed by atoms with Gasteiger partial charge in [0.05, 0.1) is 0 Å². The normalized spacial score (nSPS) is 10.4. The zero-order chi connectivity index (χ0) is 10.1. The van der Waals surface area contributed by atoms with Gasteiger partial charge in [0.15, 0.2) is 5.82 Å². The van der Waals surface area contributed by atoms with Crippen LogP contribution in [0.1, 0.15) is 0 Å². The molecule has 1 heterocycles. The van der Waals surface area contributed by atoms with Crippen LogP contribution in [0.5, 0.6) is 0 Å². The van der Waals surface area contributed by atoms with E-state index < -0.39 is 11.6 Å². The van der Waals surface area contributed by atoms with Crippen molar-refractivity contribution in [3.63, 3.8) is 0 Å². The Balaban J connectivity index is 2.61. The van der Waals surface area contributed by atoms with Gasteiger partial charge in [0.1, 0.15) is 5.82 Å². The monoisotopic (exact) mass is 258 g/mol. The molecule has 0 spiro atoms. The van der Waals surface area contributed by atoms with Crippen molar-refractivity contribution in [2.75, 3.05) is 0 Å². The summed E-state index contributed by atoms with van der Waals surface area (Å²) in [6.45, 7) is 0. The summed E-state index contributed by atoms with van der Waals surface area (Å²) in [5.41, 5.74) is 0.441. The molecule has 1 aromatic heterocycles. The fourth-order valence-corrected chi connectivity index (χ4v) is 1.46. The second-order valence-electron chi connectivity index (χ2n) is 2.57. The molecule has 0 amide bonds. The van der Waals surface area contributed by atoms with Crippen LogP contribution in [-0.2, 0) is 0 Å². The first-order chi connectivity index (χ1) is 6.66. The Hall–Kier alpha value is -1.43. The largest absolute Gasteiger partial charge is 0.439 e. The average molecular weight is 259 g/mol. The molecule has 0 unspecified atom stereocenters. The molecule has 0 saturated heterocycles. The number of rotatable bonds is 1. The fraction of sp³-hybridized carbons (Fsp3) is 0. The van der Waals surface area contributed by atoms with Crippen molar-refractivity contribution < 1.29 is 8.91 Å². The molecule has 14 heavy (non-hydrogen) atoms. The maximum absolute atomic E-state index is 12.9. The molecule has 0 fully saturated rings. The molecule has 2 aromatic rings. The molecular weight excluding hydrogens is 255 g/mol. The second kappa shape index (κ2) is 3.38. The molecule has 2 rings (SSSR count). The molecule has 0 aliphatic rings. The zero-order valence-corrected chi connectivity index (χ0v) is 8.34. The second-order valence-corrected chi connectivity index (χ2v) is 3.42. The van der Waals surface area contributed by atoms with Gasteiger partial charge in [-0.05, 0) is 18.2 Å². The van der Waals surface area contributed by atoms with Crippen LogP contribution in [0.15, 0.2) is 32.0 Å². The average Bonchev–Trinajstić information content (AvgIpc) is 2.56. The summed E-state index contributed by atoms with van der Waals surface area (Å²) in [6.07, 6.45) is 0. The van der Waals surface area contributed by atoms with Crippen molar-refractivity contribution in [2.45, 2.75) is 0 Å². The van der Waals surface area contributed by atoms with Crippen molar-refractivity contribution in [3.8, 4) is 11.4 Å². The standard InChI is InChI=1S/C8H4BrFN2O2/c9-6-2-1-4(10)3-5(6)7-11-8(13)14-12-7/h1-3H,(H,11,12,13). The minimum atomic E-state index is -0.670. The van der Waals surface area contributed by atoms with E-state index in [0.29, 0.717) is 10.0 Å². The third-order valence-corrected chi connectivity index (χ3v) is 2.32. The molecule has 4 nitrogen and oxygen atoms in total. The van der Waals surface area contributed by atoms with Crippen LogP contribution >= 0.6 is 15.9 Å². The van der Waals surface area contributed by atoms with Crippen LogP contribution in [0.25, 0.3) is 11.4 Å². The molecule has 0 bridgehead atoms. The van der Waals surface area contributed by atoms with Gasteiger partial charge in [-0.15, -0.1) is 0 Å². The Labute approximate surface area is 85.9 Å². The summed E-state index contributed by atoms with van der Waals surface area (Å²) in [5, 5.41) is 3.45. The lowest BCUT2D eigenvalue weighted by Crippen LogP contribution is -1.95. The molecule has 0 atom stereocenters. The minimum absolute atomic E-state index is 0.196. The Morgan fingerprint density at radius 2 is 2.29 bits per heavy atom. The van der Waals surface area contributed by atoms with Gasteiger partial charge in [-0.3, -0.25) is 9.51 Å². The molecule has 0 saturated carbocycles. The number of aromatic amines is 1. The number of hydrogen-bond donors (Lipinski definition) is 1. The highest BCUT2D eigenvalue weighted by atomic mass is 79.9. The van der Waals surface area contributed by atoms with E-state index in [4.69, 9.17) is 0 Å². The van der Waals surface area contributed by atoms with Gasteiger partial charge in [0.25, 0.3) is 0 Å². The maximum Gasteiger partial charge on any atom is 0.439 e. The van der Waals surface area contributed by atoms with Gasteiger partial charge in [0.2, 0.25) is 0 Å². The van der Waals surface area contributed by atoms with Crippen molar-refractivity contribution in [2.24, 2.45) is 0 Å². The lowest BCUT2D eigenvalue weighted by Gasteiger charge is -1.98. The van der Waals surface area contributed by atoms with Crippen molar-refractivity contribution in [1.29, 1.82) is 0 Å². The summed E-state index contributed by atoms with van der Waals surface area (Å²) >= 11 is 3.21. The van der Waals surface area contributed by atoms with Crippen LogP contribution in [0.3, 0.4) is 0 Å². The summed E-state index contributed by atoms with van der Waals surface area (Å²) < 4.78 is 17.8. The number of hydrogen-bond acceptors (Lipinski definition) is 3. The number of H-pyrrole nitrogens is 1. The van der Waals surface area contributed by atoms with Gasteiger partial charge in [-0.1, -0.05) is 21.1 Å². The molecule has 0 aliphatic carbocycles. The van der Waals surface area contributed by atoms with Crippen LogP contribution in [0.4, 0.5) is 4.39 Å². The summed E-state index contributed by atoms with van der Waals surface area (Å²) in [4.78, 5) is 13.0. The molecule has 1 aromatic carbocycles. The predicted molar refractivity (Wildman–Crippen MR) is 50.2 cm³/mol. The van der Waals surface area contributed by atoms with Gasteiger partial charge in [-0.25, -0.2) is 9.18 Å². The van der Waals surface area contributed by atoms with E-state index >= 15 is 0 Å². The number of benzene rings is 1. The topological polar surface area (TPSA) is 58.9 Å². The quantitative estimate of drug-likeness (QED) is 0.851. The van der Waals surface area contributed by atoms with Crippen LogP contribution in [0, 0.1) is 5.82 Å². The first-order valence-electron chi connectivity index (χ1n) is 3.68. The zero-order valence-electron chi connectivity index (χ0n) is 6.75. The SMILES string of the molecule is O=c1[nH]c(-c2cc(F)ccc2Br)no1. The Bertz CT molecular complexity index is 520. The van der Waals surface area contributed by atoms with Crippen LogP contribution < -0.4 is 5.76 Å². The first kappa shape index (κ1) is 9.14. The first-order valence-corrected chi connectivity index (χ1v) is 4.47. The fourth-order valence-electron chi connectivity index (χ4n) is 1.02. The molecule has 6 heteroatoms. The van der Waals surface area contributed by atoms with Crippen LogP contribution in [-0.4, -0.2) is 10.1 Å². The van der Waals surface area contributed by atoms with Crippen molar-refractivity contribution in [1.82, 2.24) is 10.1 Å². The highest BCUT2D eigenvalue weighted by Gasteiger charge is 2.09. The van der Waals surface area contributed by atoms with Crippen molar-refractivity contribution >= 4 is 15.9 Å². The van der Waals surface area contributed by atoms with E-state index in [1.165, 1.54) is 18.2 Å². The minimum Gasteiger partial charge on any atom is -0.296 e. The Kier molecular flexibility index (Phi) is 2.20. The number of nitrogens with one attached hydrogen (secondary N) is 1. The summed E-state index contributed by atoms with van der Waals surface area (Å²) in [6, 6.07) is 4.07. The third-order valence-electron chi connectivity index (χ3n) is 1.62. The molecule has 1 N–H and O–H groups in total. The van der Waals surface area contributed by atoms with E-state index in [9.17, 15) is 9.18 Å². The maximum atomic E-state index is 12.9. The summed E-state index contributed by atoms with van der Waals surface area (Å²) in [5.74, 6) is -0.885. The Morgan fingerprint density at radius 1 is 1.50 bits per heavy atom. The van der Waals surface area contributed by atoms with E-state index in [0.717, 1.165) is 0 Å². The number of halogens is 2.